The zero-order valence-corrected chi connectivity index (χ0v) is 13.1. The van der Waals surface area contributed by atoms with Gasteiger partial charge in [0.05, 0.1) is 7.11 Å². The number of benzene rings is 1. The lowest BCUT2D eigenvalue weighted by Gasteiger charge is -2.27. The van der Waals surface area contributed by atoms with Crippen molar-refractivity contribution in [3.05, 3.63) is 23.8 Å². The van der Waals surface area contributed by atoms with Crippen molar-refractivity contribution >= 4 is 12.4 Å². The summed E-state index contributed by atoms with van der Waals surface area (Å²) in [5, 5.41) is 13.2. The molecule has 0 radical (unpaired) electrons. The number of nitrogens with one attached hydrogen (secondary N) is 1. The van der Waals surface area contributed by atoms with Crippen LogP contribution in [-0.2, 0) is 6.54 Å². The third-order valence-electron chi connectivity index (χ3n) is 3.84. The van der Waals surface area contributed by atoms with Gasteiger partial charge in [0.2, 0.25) is 0 Å². The molecule has 0 saturated carbocycles. The van der Waals surface area contributed by atoms with Gasteiger partial charge in [-0.2, -0.15) is 0 Å². The number of halogens is 1. The molecule has 2 N–H and O–H groups in total. The third kappa shape index (κ3) is 4.54. The molecular formula is C15H25ClN2O2. The van der Waals surface area contributed by atoms with Crippen molar-refractivity contribution in [2.45, 2.75) is 31.8 Å². The highest BCUT2D eigenvalue weighted by Gasteiger charge is 2.17. The normalized spacial score (nSPS) is 19.2. The van der Waals surface area contributed by atoms with Crippen molar-refractivity contribution in [3.63, 3.8) is 0 Å². The van der Waals surface area contributed by atoms with E-state index >= 15 is 0 Å². The van der Waals surface area contributed by atoms with E-state index in [-0.39, 0.29) is 18.2 Å². The molecule has 1 fully saturated rings. The van der Waals surface area contributed by atoms with E-state index in [9.17, 15) is 5.11 Å². The smallest absolute Gasteiger partial charge is 0.160 e. The van der Waals surface area contributed by atoms with Crippen molar-refractivity contribution in [2.75, 3.05) is 27.2 Å². The zero-order valence-electron chi connectivity index (χ0n) is 12.3. The fourth-order valence-electron chi connectivity index (χ4n) is 2.69. The van der Waals surface area contributed by atoms with Gasteiger partial charge in [0.1, 0.15) is 0 Å². The second kappa shape index (κ2) is 8.35. The van der Waals surface area contributed by atoms with Crippen molar-refractivity contribution < 1.29 is 9.84 Å². The van der Waals surface area contributed by atoms with Gasteiger partial charge >= 0.3 is 0 Å². The van der Waals surface area contributed by atoms with E-state index in [0.29, 0.717) is 11.8 Å². The summed E-state index contributed by atoms with van der Waals surface area (Å²) in [6, 6.07) is 6.26. The van der Waals surface area contributed by atoms with Crippen LogP contribution in [0.1, 0.15) is 24.8 Å². The Labute approximate surface area is 127 Å². The first-order chi connectivity index (χ1) is 9.20. The Morgan fingerprint density at radius 1 is 1.35 bits per heavy atom. The van der Waals surface area contributed by atoms with Crippen LogP contribution in [0, 0.1) is 0 Å². The zero-order chi connectivity index (χ0) is 13.7. The average molecular weight is 301 g/mol. The highest BCUT2D eigenvalue weighted by atomic mass is 35.5. The van der Waals surface area contributed by atoms with E-state index < -0.39 is 0 Å². The Bertz CT molecular complexity index is 407. The molecule has 1 aliphatic heterocycles. The van der Waals surface area contributed by atoms with Gasteiger partial charge in [-0.15, -0.1) is 12.4 Å². The van der Waals surface area contributed by atoms with Crippen LogP contribution in [0.3, 0.4) is 0 Å². The number of phenols is 1. The molecule has 1 atom stereocenters. The molecule has 0 amide bonds. The fourth-order valence-corrected chi connectivity index (χ4v) is 2.69. The average Bonchev–Trinajstić information content (AvgIpc) is 2.68. The van der Waals surface area contributed by atoms with Crippen LogP contribution in [0.4, 0.5) is 0 Å². The first-order valence-corrected chi connectivity index (χ1v) is 6.97. The summed E-state index contributed by atoms with van der Waals surface area (Å²) in [5.41, 5.74) is 1.12. The minimum atomic E-state index is 0. The van der Waals surface area contributed by atoms with Gasteiger partial charge in [-0.1, -0.05) is 6.07 Å². The minimum Gasteiger partial charge on any atom is -0.504 e. The summed E-state index contributed by atoms with van der Waals surface area (Å²) < 4.78 is 5.07. The standard InChI is InChI=1S/C15H24N2O2.ClH/c1-17(13-4-3-8-16-9-7-13)11-12-5-6-15(19-2)14(18)10-12;/h5-6,10,13,16,18H,3-4,7-9,11H2,1-2H3;1H. The first kappa shape index (κ1) is 17.1. The molecule has 0 aliphatic carbocycles. The topological polar surface area (TPSA) is 44.7 Å². The van der Waals surface area contributed by atoms with Crippen LogP contribution in [0.25, 0.3) is 0 Å². The molecule has 20 heavy (non-hydrogen) atoms. The summed E-state index contributed by atoms with van der Waals surface area (Å²) in [6.45, 7) is 3.10. The molecular weight excluding hydrogens is 276 g/mol. The molecule has 4 nitrogen and oxygen atoms in total. The molecule has 0 bridgehead atoms. The Morgan fingerprint density at radius 2 is 2.15 bits per heavy atom. The molecule has 1 unspecified atom stereocenters. The van der Waals surface area contributed by atoms with E-state index in [2.05, 4.69) is 17.3 Å². The molecule has 1 aliphatic rings. The molecule has 0 aromatic heterocycles. The maximum absolute atomic E-state index is 9.81. The number of methoxy groups -OCH3 is 1. The van der Waals surface area contributed by atoms with Crippen molar-refractivity contribution in [3.8, 4) is 11.5 Å². The van der Waals surface area contributed by atoms with Gasteiger partial charge in [0.15, 0.2) is 11.5 Å². The lowest BCUT2D eigenvalue weighted by atomic mass is 10.1. The van der Waals surface area contributed by atoms with E-state index in [1.807, 2.05) is 12.1 Å². The monoisotopic (exact) mass is 300 g/mol. The van der Waals surface area contributed by atoms with E-state index in [0.717, 1.165) is 25.2 Å². The Hall–Kier alpha value is -0.970. The summed E-state index contributed by atoms with van der Waals surface area (Å²) in [7, 11) is 3.73. The van der Waals surface area contributed by atoms with Gasteiger partial charge in [0, 0.05) is 12.6 Å². The summed E-state index contributed by atoms with van der Waals surface area (Å²) in [5.74, 6) is 0.751. The Morgan fingerprint density at radius 3 is 2.85 bits per heavy atom. The second-order valence-electron chi connectivity index (χ2n) is 5.26. The number of hydrogen-bond acceptors (Lipinski definition) is 4. The van der Waals surface area contributed by atoms with E-state index in [1.54, 1.807) is 13.2 Å². The molecule has 1 aromatic rings. The highest BCUT2D eigenvalue weighted by Crippen LogP contribution is 2.27. The molecule has 5 heteroatoms. The fraction of sp³-hybridized carbons (Fsp3) is 0.600. The number of ether oxygens (including phenoxy) is 1. The molecule has 1 saturated heterocycles. The van der Waals surface area contributed by atoms with Crippen LogP contribution in [0.15, 0.2) is 18.2 Å². The Balaban J connectivity index is 0.00000200. The van der Waals surface area contributed by atoms with Crippen molar-refractivity contribution in [2.24, 2.45) is 0 Å². The van der Waals surface area contributed by atoms with Gasteiger partial charge in [-0.3, -0.25) is 4.90 Å². The van der Waals surface area contributed by atoms with E-state index in [1.165, 1.54) is 19.3 Å². The summed E-state index contributed by atoms with van der Waals surface area (Å²) in [4.78, 5) is 2.38. The van der Waals surface area contributed by atoms with Gasteiger partial charge in [-0.25, -0.2) is 0 Å². The number of nitrogens with zero attached hydrogens (tertiary/aromatic N) is 1. The van der Waals surface area contributed by atoms with Crippen molar-refractivity contribution in [1.82, 2.24) is 10.2 Å². The molecule has 1 aromatic carbocycles. The van der Waals surface area contributed by atoms with Crippen LogP contribution < -0.4 is 10.1 Å². The van der Waals surface area contributed by atoms with Gasteiger partial charge in [0.25, 0.3) is 0 Å². The number of rotatable bonds is 4. The number of phenolic OH excluding ortho intramolecular Hbond substituents is 1. The van der Waals surface area contributed by atoms with Crippen LogP contribution >= 0.6 is 12.4 Å². The predicted molar refractivity (Wildman–Crippen MR) is 83.9 cm³/mol. The maximum atomic E-state index is 9.81. The number of hydrogen-bond donors (Lipinski definition) is 2. The number of aromatic hydroxyl groups is 1. The predicted octanol–water partition coefficient (Wildman–Crippen LogP) is 2.40. The van der Waals surface area contributed by atoms with Crippen LogP contribution in [-0.4, -0.2) is 43.3 Å². The van der Waals surface area contributed by atoms with Crippen molar-refractivity contribution in [1.29, 1.82) is 0 Å². The SMILES string of the molecule is COc1ccc(CN(C)C2CCCNCC2)cc1O.Cl. The van der Waals surface area contributed by atoms with E-state index in [4.69, 9.17) is 4.74 Å². The van der Waals surface area contributed by atoms with Crippen LogP contribution in [0.2, 0.25) is 0 Å². The highest BCUT2D eigenvalue weighted by molar-refractivity contribution is 5.85. The molecule has 1 heterocycles. The summed E-state index contributed by atoms with van der Waals surface area (Å²) in [6.07, 6.45) is 3.67. The Kier molecular flexibility index (Phi) is 7.13. The molecule has 114 valence electrons. The quantitative estimate of drug-likeness (QED) is 0.896. The van der Waals surface area contributed by atoms with Gasteiger partial charge < -0.3 is 15.2 Å². The summed E-state index contributed by atoms with van der Waals surface area (Å²) >= 11 is 0. The van der Waals surface area contributed by atoms with Gasteiger partial charge in [-0.05, 0) is 57.1 Å². The maximum Gasteiger partial charge on any atom is 0.160 e. The lowest BCUT2D eigenvalue weighted by Crippen LogP contribution is -2.31. The largest absolute Gasteiger partial charge is 0.504 e. The molecule has 2 rings (SSSR count). The minimum absolute atomic E-state index is 0. The lowest BCUT2D eigenvalue weighted by molar-refractivity contribution is 0.216. The molecule has 0 spiro atoms. The second-order valence-corrected chi connectivity index (χ2v) is 5.26. The third-order valence-corrected chi connectivity index (χ3v) is 3.84. The first-order valence-electron chi connectivity index (χ1n) is 6.97. The van der Waals surface area contributed by atoms with Crippen LogP contribution in [0.5, 0.6) is 11.5 Å².